The van der Waals surface area contributed by atoms with Gasteiger partial charge in [0.05, 0.1) is 5.92 Å². The van der Waals surface area contributed by atoms with Crippen LogP contribution in [0.4, 0.5) is 13.2 Å². The van der Waals surface area contributed by atoms with Gasteiger partial charge < -0.3 is 14.7 Å². The summed E-state index contributed by atoms with van der Waals surface area (Å²) in [4.78, 5) is 21.9. The molecule has 146 valence electrons. The summed E-state index contributed by atoms with van der Waals surface area (Å²) in [5.41, 5.74) is -0.895. The molecular formula is C17H20F3N5O2. The Balaban J connectivity index is 1.69. The Morgan fingerprint density at radius 1 is 1.44 bits per heavy atom. The molecule has 0 aliphatic carbocycles. The van der Waals surface area contributed by atoms with Gasteiger partial charge in [-0.3, -0.25) is 9.78 Å². The van der Waals surface area contributed by atoms with E-state index in [9.17, 15) is 18.0 Å². The van der Waals surface area contributed by atoms with Crippen LogP contribution in [0.5, 0.6) is 0 Å². The van der Waals surface area contributed by atoms with E-state index in [2.05, 4.69) is 25.3 Å². The summed E-state index contributed by atoms with van der Waals surface area (Å²) >= 11 is 0. The molecule has 2 aromatic heterocycles. The summed E-state index contributed by atoms with van der Waals surface area (Å²) in [7, 11) is 1.97. The van der Waals surface area contributed by atoms with Gasteiger partial charge in [0.1, 0.15) is 11.7 Å². The van der Waals surface area contributed by atoms with Crippen molar-refractivity contribution in [1.29, 1.82) is 0 Å². The Kier molecular flexibility index (Phi) is 5.45. The zero-order valence-corrected chi connectivity index (χ0v) is 15.0. The van der Waals surface area contributed by atoms with Gasteiger partial charge in [-0.2, -0.15) is 18.2 Å². The number of halogens is 3. The molecule has 1 aliphatic rings. The van der Waals surface area contributed by atoms with Crippen LogP contribution in [0.1, 0.15) is 37.4 Å². The van der Waals surface area contributed by atoms with Crippen molar-refractivity contribution in [2.75, 3.05) is 20.1 Å². The summed E-state index contributed by atoms with van der Waals surface area (Å²) in [5, 5.41) is 6.55. The number of likely N-dealkylation sites (tertiary alicyclic amines) is 1. The van der Waals surface area contributed by atoms with Crippen molar-refractivity contribution in [2.24, 2.45) is 5.92 Å². The van der Waals surface area contributed by atoms with Crippen LogP contribution in [-0.2, 0) is 11.0 Å². The van der Waals surface area contributed by atoms with Crippen LogP contribution in [0.25, 0.3) is 11.4 Å². The molecule has 2 aromatic rings. The molecule has 0 aromatic carbocycles. The van der Waals surface area contributed by atoms with Crippen molar-refractivity contribution >= 4 is 5.91 Å². The van der Waals surface area contributed by atoms with E-state index >= 15 is 0 Å². The lowest BCUT2D eigenvalue weighted by Crippen LogP contribution is -2.42. The molecule has 2 atom stereocenters. The minimum Gasteiger partial charge on any atom is -0.344 e. The molecule has 27 heavy (non-hydrogen) atoms. The van der Waals surface area contributed by atoms with Crippen molar-refractivity contribution in [3.05, 3.63) is 29.9 Å². The summed E-state index contributed by atoms with van der Waals surface area (Å²) in [6, 6.07) is 1.68. The van der Waals surface area contributed by atoms with Gasteiger partial charge in [-0.15, -0.1) is 0 Å². The van der Waals surface area contributed by atoms with E-state index in [0.717, 1.165) is 31.6 Å². The molecule has 1 fully saturated rings. The maximum absolute atomic E-state index is 12.8. The van der Waals surface area contributed by atoms with Crippen LogP contribution in [0.3, 0.4) is 0 Å². The van der Waals surface area contributed by atoms with Crippen LogP contribution in [0.2, 0.25) is 0 Å². The Morgan fingerprint density at radius 2 is 2.22 bits per heavy atom. The Bertz CT molecular complexity index is 808. The monoisotopic (exact) mass is 383 g/mol. The molecule has 3 rings (SSSR count). The van der Waals surface area contributed by atoms with Gasteiger partial charge >= 0.3 is 6.18 Å². The number of alkyl halides is 3. The first kappa shape index (κ1) is 19.3. The number of aromatic nitrogens is 3. The van der Waals surface area contributed by atoms with E-state index in [1.165, 1.54) is 6.07 Å². The van der Waals surface area contributed by atoms with Crippen molar-refractivity contribution in [3.63, 3.8) is 0 Å². The topological polar surface area (TPSA) is 84.2 Å². The molecule has 1 aliphatic heterocycles. The summed E-state index contributed by atoms with van der Waals surface area (Å²) < 4.78 is 43.5. The number of amides is 1. The summed E-state index contributed by atoms with van der Waals surface area (Å²) in [5.74, 6) is -0.0653. The molecule has 0 radical (unpaired) electrons. The van der Waals surface area contributed by atoms with Gasteiger partial charge in [0.2, 0.25) is 17.6 Å². The average Bonchev–Trinajstić information content (AvgIpc) is 3.11. The van der Waals surface area contributed by atoms with Gasteiger partial charge in [-0.05, 0) is 45.5 Å². The van der Waals surface area contributed by atoms with Crippen molar-refractivity contribution in [2.45, 2.75) is 32.0 Å². The molecule has 10 heteroatoms. The molecule has 1 amide bonds. The molecule has 0 saturated carbocycles. The standard InChI is InChI=1S/C17H20F3N5O2/c1-10(22-15(26)12-4-3-7-25(2)9-12)16-23-14(24-27-16)11-5-6-21-13(8-11)17(18,19)20/h5-6,8,10,12H,3-4,7,9H2,1-2H3,(H,22,26). The highest BCUT2D eigenvalue weighted by atomic mass is 19.4. The Labute approximate surface area is 154 Å². The number of hydrogen-bond acceptors (Lipinski definition) is 6. The van der Waals surface area contributed by atoms with Crippen LogP contribution >= 0.6 is 0 Å². The van der Waals surface area contributed by atoms with Gasteiger partial charge in [-0.1, -0.05) is 5.16 Å². The number of pyridine rings is 1. The maximum atomic E-state index is 12.8. The lowest BCUT2D eigenvalue weighted by Gasteiger charge is -2.29. The van der Waals surface area contributed by atoms with Gasteiger partial charge in [-0.25, -0.2) is 0 Å². The van der Waals surface area contributed by atoms with E-state index in [-0.39, 0.29) is 29.1 Å². The number of nitrogens with one attached hydrogen (secondary N) is 1. The van der Waals surface area contributed by atoms with Crippen molar-refractivity contribution in [1.82, 2.24) is 25.3 Å². The fourth-order valence-electron chi connectivity index (χ4n) is 3.03. The largest absolute Gasteiger partial charge is 0.433 e. The molecule has 2 unspecified atom stereocenters. The number of piperidine rings is 1. The highest BCUT2D eigenvalue weighted by Crippen LogP contribution is 2.30. The molecule has 0 spiro atoms. The second kappa shape index (κ2) is 7.63. The van der Waals surface area contributed by atoms with Crippen LogP contribution in [-0.4, -0.2) is 46.1 Å². The fourth-order valence-corrected chi connectivity index (χ4v) is 3.03. The number of hydrogen-bond donors (Lipinski definition) is 1. The predicted molar refractivity (Wildman–Crippen MR) is 89.3 cm³/mol. The van der Waals surface area contributed by atoms with Crippen LogP contribution in [0.15, 0.2) is 22.9 Å². The van der Waals surface area contributed by atoms with Gasteiger partial charge in [0.25, 0.3) is 0 Å². The zero-order valence-electron chi connectivity index (χ0n) is 15.0. The smallest absolute Gasteiger partial charge is 0.344 e. The molecule has 7 nitrogen and oxygen atoms in total. The quantitative estimate of drug-likeness (QED) is 0.874. The van der Waals surface area contributed by atoms with E-state index in [4.69, 9.17) is 4.52 Å². The molecule has 0 bridgehead atoms. The summed E-state index contributed by atoms with van der Waals surface area (Å²) in [6.45, 7) is 3.35. The third kappa shape index (κ3) is 4.62. The van der Waals surface area contributed by atoms with Gasteiger partial charge in [0.15, 0.2) is 0 Å². The number of nitrogens with zero attached hydrogens (tertiary/aromatic N) is 4. The average molecular weight is 383 g/mol. The van der Waals surface area contributed by atoms with Crippen molar-refractivity contribution < 1.29 is 22.5 Å². The first-order valence-electron chi connectivity index (χ1n) is 8.60. The number of carbonyl (C=O) groups excluding carboxylic acids is 1. The second-order valence-corrected chi connectivity index (χ2v) is 6.72. The lowest BCUT2D eigenvalue weighted by molar-refractivity contribution is -0.141. The third-order valence-corrected chi connectivity index (χ3v) is 4.47. The molecule has 1 saturated heterocycles. The highest BCUT2D eigenvalue weighted by molar-refractivity contribution is 5.79. The SMILES string of the molecule is CC(NC(=O)C1CCCN(C)C1)c1nc(-c2ccnc(C(F)(F)F)c2)no1. The number of rotatable bonds is 4. The van der Waals surface area contributed by atoms with E-state index in [0.29, 0.717) is 6.54 Å². The molecular weight excluding hydrogens is 363 g/mol. The second-order valence-electron chi connectivity index (χ2n) is 6.72. The normalized spacial score (nSPS) is 19.7. The minimum absolute atomic E-state index is 0.0106. The van der Waals surface area contributed by atoms with E-state index < -0.39 is 17.9 Å². The third-order valence-electron chi connectivity index (χ3n) is 4.47. The number of carbonyl (C=O) groups is 1. The molecule has 3 heterocycles. The fraction of sp³-hybridized carbons (Fsp3) is 0.529. The van der Waals surface area contributed by atoms with Crippen LogP contribution < -0.4 is 5.32 Å². The first-order chi connectivity index (χ1) is 12.7. The Hall–Kier alpha value is -2.49. The first-order valence-corrected chi connectivity index (χ1v) is 8.60. The highest BCUT2D eigenvalue weighted by Gasteiger charge is 2.33. The molecule has 1 N–H and O–H groups in total. The van der Waals surface area contributed by atoms with Gasteiger partial charge in [0, 0.05) is 18.3 Å². The lowest BCUT2D eigenvalue weighted by atomic mass is 9.97. The zero-order chi connectivity index (χ0) is 19.6. The predicted octanol–water partition coefficient (Wildman–Crippen LogP) is 2.67. The van der Waals surface area contributed by atoms with Crippen LogP contribution in [0, 0.1) is 5.92 Å². The minimum atomic E-state index is -4.56. The summed E-state index contributed by atoms with van der Waals surface area (Å²) in [6.07, 6.45) is -1.75. The van der Waals surface area contributed by atoms with E-state index in [1.54, 1.807) is 6.92 Å². The van der Waals surface area contributed by atoms with Crippen molar-refractivity contribution in [3.8, 4) is 11.4 Å². The Morgan fingerprint density at radius 3 is 2.93 bits per heavy atom. The van der Waals surface area contributed by atoms with E-state index in [1.807, 2.05) is 7.05 Å². The maximum Gasteiger partial charge on any atom is 0.433 e.